The fourth-order valence-electron chi connectivity index (χ4n) is 2.62. The highest BCUT2D eigenvalue weighted by molar-refractivity contribution is 7.89. The van der Waals surface area contributed by atoms with E-state index in [1.165, 1.54) is 33.2 Å². The number of sulfonamides is 1. The van der Waals surface area contributed by atoms with Crippen molar-refractivity contribution >= 4 is 27.5 Å². The second-order valence-electron chi connectivity index (χ2n) is 6.08. The number of benzene rings is 1. The SMILES string of the molecule is CC(=O)N1CCC(C(=O)Nc2ccc(S(=O)(=O)N(C)C)cc2)CC1. The summed E-state index contributed by atoms with van der Waals surface area (Å²) < 4.78 is 25.2. The molecule has 132 valence electrons. The van der Waals surface area contributed by atoms with Crippen LogP contribution in [0.3, 0.4) is 0 Å². The number of carbonyl (C=O) groups excluding carboxylic acids is 2. The molecule has 24 heavy (non-hydrogen) atoms. The van der Waals surface area contributed by atoms with Crippen LogP contribution >= 0.6 is 0 Å². The molecule has 1 aliphatic heterocycles. The van der Waals surface area contributed by atoms with Crippen LogP contribution in [0.25, 0.3) is 0 Å². The van der Waals surface area contributed by atoms with Gasteiger partial charge in [0.25, 0.3) is 0 Å². The van der Waals surface area contributed by atoms with Gasteiger partial charge in [0.05, 0.1) is 4.90 Å². The Morgan fingerprint density at radius 3 is 2.12 bits per heavy atom. The molecule has 1 saturated heterocycles. The summed E-state index contributed by atoms with van der Waals surface area (Å²) in [4.78, 5) is 25.5. The number of anilines is 1. The van der Waals surface area contributed by atoms with Gasteiger partial charge < -0.3 is 10.2 Å². The second-order valence-corrected chi connectivity index (χ2v) is 8.23. The van der Waals surface area contributed by atoms with Crippen LogP contribution in [0.1, 0.15) is 19.8 Å². The molecule has 2 amide bonds. The minimum absolute atomic E-state index is 0.0338. The molecule has 1 aromatic rings. The molecule has 1 aromatic carbocycles. The molecule has 0 spiro atoms. The van der Waals surface area contributed by atoms with Crippen LogP contribution in [0.2, 0.25) is 0 Å². The van der Waals surface area contributed by atoms with Gasteiger partial charge in [0.2, 0.25) is 21.8 Å². The molecule has 0 atom stereocenters. The van der Waals surface area contributed by atoms with Gasteiger partial charge in [-0.2, -0.15) is 0 Å². The highest BCUT2D eigenvalue weighted by atomic mass is 32.2. The second kappa shape index (κ2) is 7.31. The van der Waals surface area contributed by atoms with Crippen molar-refractivity contribution in [2.24, 2.45) is 5.92 Å². The Kier molecular flexibility index (Phi) is 5.61. The molecule has 2 rings (SSSR count). The predicted octanol–water partition coefficient (Wildman–Crippen LogP) is 1.13. The maximum Gasteiger partial charge on any atom is 0.242 e. The van der Waals surface area contributed by atoms with Crippen LogP contribution in [0.5, 0.6) is 0 Å². The lowest BCUT2D eigenvalue weighted by atomic mass is 9.96. The van der Waals surface area contributed by atoms with E-state index in [1.807, 2.05) is 0 Å². The molecule has 0 aromatic heterocycles. The molecule has 0 aliphatic carbocycles. The topological polar surface area (TPSA) is 86.8 Å². The Hall–Kier alpha value is -1.93. The van der Waals surface area contributed by atoms with Crippen molar-refractivity contribution in [1.82, 2.24) is 9.21 Å². The quantitative estimate of drug-likeness (QED) is 0.879. The lowest BCUT2D eigenvalue weighted by molar-refractivity contribution is -0.132. The number of piperidine rings is 1. The van der Waals surface area contributed by atoms with Crippen molar-refractivity contribution in [1.29, 1.82) is 0 Å². The van der Waals surface area contributed by atoms with Gasteiger partial charge >= 0.3 is 0 Å². The zero-order valence-electron chi connectivity index (χ0n) is 14.2. The van der Waals surface area contributed by atoms with E-state index < -0.39 is 10.0 Å². The Bertz CT molecular complexity index is 705. The van der Waals surface area contributed by atoms with Gasteiger partial charge in [0.1, 0.15) is 0 Å². The Morgan fingerprint density at radius 2 is 1.67 bits per heavy atom. The van der Waals surface area contributed by atoms with E-state index in [-0.39, 0.29) is 22.6 Å². The Labute approximate surface area is 142 Å². The normalized spacial score (nSPS) is 16.2. The summed E-state index contributed by atoms with van der Waals surface area (Å²) in [7, 11) is -0.532. The highest BCUT2D eigenvalue weighted by Crippen LogP contribution is 2.21. The summed E-state index contributed by atoms with van der Waals surface area (Å²) in [6.45, 7) is 2.71. The number of likely N-dealkylation sites (tertiary alicyclic amines) is 1. The van der Waals surface area contributed by atoms with Crippen molar-refractivity contribution in [3.05, 3.63) is 24.3 Å². The first kappa shape index (κ1) is 18.4. The molecular formula is C16H23N3O4S. The van der Waals surface area contributed by atoms with E-state index >= 15 is 0 Å². The van der Waals surface area contributed by atoms with Crippen molar-refractivity contribution in [3.8, 4) is 0 Å². The smallest absolute Gasteiger partial charge is 0.242 e. The number of carbonyl (C=O) groups is 2. The number of rotatable bonds is 4. The minimum atomic E-state index is -3.47. The summed E-state index contributed by atoms with van der Waals surface area (Å²) in [5.74, 6) is -0.196. The monoisotopic (exact) mass is 353 g/mol. The van der Waals surface area contributed by atoms with E-state index in [0.29, 0.717) is 31.6 Å². The molecule has 7 nitrogen and oxygen atoms in total. The summed E-state index contributed by atoms with van der Waals surface area (Å²) in [6, 6.07) is 6.12. The lowest BCUT2D eigenvalue weighted by Gasteiger charge is -2.30. The average Bonchev–Trinajstić information content (AvgIpc) is 2.55. The molecular weight excluding hydrogens is 330 g/mol. The van der Waals surface area contributed by atoms with Gasteiger partial charge in [-0.1, -0.05) is 0 Å². The Balaban J connectivity index is 1.97. The van der Waals surface area contributed by atoms with Gasteiger partial charge in [0, 0.05) is 45.7 Å². The van der Waals surface area contributed by atoms with Crippen molar-refractivity contribution in [3.63, 3.8) is 0 Å². The van der Waals surface area contributed by atoms with Crippen LogP contribution in [0.4, 0.5) is 5.69 Å². The summed E-state index contributed by atoms with van der Waals surface area (Å²) >= 11 is 0. The molecule has 1 N–H and O–H groups in total. The fourth-order valence-corrected chi connectivity index (χ4v) is 3.52. The third kappa shape index (κ3) is 4.12. The van der Waals surface area contributed by atoms with E-state index in [4.69, 9.17) is 0 Å². The van der Waals surface area contributed by atoms with Crippen molar-refractivity contribution in [2.75, 3.05) is 32.5 Å². The number of hydrogen-bond acceptors (Lipinski definition) is 4. The first-order valence-corrected chi connectivity index (χ1v) is 9.25. The molecule has 1 aliphatic rings. The van der Waals surface area contributed by atoms with Gasteiger partial charge in [-0.05, 0) is 37.1 Å². The zero-order chi connectivity index (χ0) is 17.9. The predicted molar refractivity (Wildman–Crippen MR) is 90.9 cm³/mol. The third-order valence-electron chi connectivity index (χ3n) is 4.21. The Morgan fingerprint density at radius 1 is 1.12 bits per heavy atom. The maximum atomic E-state index is 12.3. The standard InChI is InChI=1S/C16H23N3O4S/c1-12(20)19-10-8-13(9-11-19)16(21)17-14-4-6-15(7-5-14)24(22,23)18(2)3/h4-7,13H,8-11H2,1-3H3,(H,17,21). The highest BCUT2D eigenvalue weighted by Gasteiger charge is 2.26. The number of nitrogens with zero attached hydrogens (tertiary/aromatic N) is 2. The van der Waals surface area contributed by atoms with Crippen molar-refractivity contribution in [2.45, 2.75) is 24.7 Å². The molecule has 0 radical (unpaired) electrons. The molecule has 0 saturated carbocycles. The molecule has 8 heteroatoms. The van der Waals surface area contributed by atoms with Gasteiger partial charge in [-0.3, -0.25) is 9.59 Å². The zero-order valence-corrected chi connectivity index (χ0v) is 15.0. The fraction of sp³-hybridized carbons (Fsp3) is 0.500. The van der Waals surface area contributed by atoms with Crippen LogP contribution in [0.15, 0.2) is 29.2 Å². The molecule has 1 fully saturated rings. The van der Waals surface area contributed by atoms with Crippen LogP contribution in [0, 0.1) is 5.92 Å². The molecule has 0 unspecified atom stereocenters. The van der Waals surface area contributed by atoms with Gasteiger partial charge in [0.15, 0.2) is 0 Å². The van der Waals surface area contributed by atoms with Crippen molar-refractivity contribution < 1.29 is 18.0 Å². The van der Waals surface area contributed by atoms with E-state index in [2.05, 4.69) is 5.32 Å². The molecule has 0 bridgehead atoms. The number of amides is 2. The first-order chi connectivity index (χ1) is 11.2. The number of nitrogens with one attached hydrogen (secondary N) is 1. The van der Waals surface area contributed by atoms with E-state index in [1.54, 1.807) is 17.0 Å². The van der Waals surface area contributed by atoms with Crippen LogP contribution < -0.4 is 5.32 Å². The minimum Gasteiger partial charge on any atom is -0.343 e. The van der Waals surface area contributed by atoms with Crippen LogP contribution in [-0.2, 0) is 19.6 Å². The van der Waals surface area contributed by atoms with E-state index in [9.17, 15) is 18.0 Å². The van der Waals surface area contributed by atoms with Gasteiger partial charge in [-0.15, -0.1) is 0 Å². The summed E-state index contributed by atoms with van der Waals surface area (Å²) in [6.07, 6.45) is 1.27. The summed E-state index contributed by atoms with van der Waals surface area (Å²) in [5.41, 5.74) is 0.562. The molecule has 1 heterocycles. The van der Waals surface area contributed by atoms with Gasteiger partial charge in [-0.25, -0.2) is 12.7 Å². The van der Waals surface area contributed by atoms with E-state index in [0.717, 1.165) is 4.31 Å². The first-order valence-electron chi connectivity index (χ1n) is 7.81. The van der Waals surface area contributed by atoms with Crippen LogP contribution in [-0.4, -0.2) is 56.6 Å². The largest absolute Gasteiger partial charge is 0.343 e. The average molecular weight is 353 g/mol. The maximum absolute atomic E-state index is 12.3. The number of hydrogen-bond donors (Lipinski definition) is 1. The summed E-state index contributed by atoms with van der Waals surface area (Å²) in [5, 5.41) is 2.81. The lowest BCUT2D eigenvalue weighted by Crippen LogP contribution is -2.40. The third-order valence-corrected chi connectivity index (χ3v) is 6.04.